The number of nitrogens with two attached hydrogens (primary N) is 1. The molecule has 2 fully saturated rings. The molecule has 0 radical (unpaired) electrons. The Bertz CT molecular complexity index is 650. The molecule has 0 aliphatic carbocycles. The summed E-state index contributed by atoms with van der Waals surface area (Å²) in [4.78, 5) is 37.5. The number of Topliss-reactive ketones (excluding diaryl/α,β-unsaturated/α-hetero) is 1. The Morgan fingerprint density at radius 2 is 2.12 bits per heavy atom. The third-order valence-corrected chi connectivity index (χ3v) is 4.16. The van der Waals surface area contributed by atoms with Gasteiger partial charge in [0.1, 0.15) is 18.7 Å². The average Bonchev–Trinajstić information content (AvgIpc) is 2.90. The van der Waals surface area contributed by atoms with Crippen LogP contribution in [0.1, 0.15) is 12.5 Å². The van der Waals surface area contributed by atoms with Crippen LogP contribution >= 0.6 is 0 Å². The molecule has 0 saturated carbocycles. The van der Waals surface area contributed by atoms with Gasteiger partial charge in [0.25, 0.3) is 0 Å². The number of β-lactam (4-membered cyclic amide) rings is 1. The Kier molecular flexibility index (Phi) is 4.50. The lowest BCUT2D eigenvalue weighted by atomic mass is 9.88. The van der Waals surface area contributed by atoms with E-state index in [2.05, 4.69) is 5.32 Å². The first-order valence-electron chi connectivity index (χ1n) is 7.69. The average molecular weight is 333 g/mol. The van der Waals surface area contributed by atoms with Crippen molar-refractivity contribution in [2.24, 2.45) is 11.7 Å². The summed E-state index contributed by atoms with van der Waals surface area (Å²) < 4.78 is 10.4. The van der Waals surface area contributed by atoms with Crippen molar-refractivity contribution in [2.45, 2.75) is 32.0 Å². The summed E-state index contributed by atoms with van der Waals surface area (Å²) in [6.07, 6.45) is -1.84. The zero-order valence-electron chi connectivity index (χ0n) is 13.2. The van der Waals surface area contributed by atoms with Gasteiger partial charge in [0.05, 0.1) is 12.6 Å². The van der Waals surface area contributed by atoms with E-state index in [9.17, 15) is 14.4 Å². The first kappa shape index (κ1) is 16.4. The summed E-state index contributed by atoms with van der Waals surface area (Å²) in [5, 5.41) is 2.44. The predicted molar refractivity (Wildman–Crippen MR) is 82.3 cm³/mol. The molecule has 4 atom stereocenters. The molecule has 0 spiro atoms. The number of carbonyl (C=O) groups excluding carboxylic acids is 3. The third-order valence-electron chi connectivity index (χ3n) is 4.16. The molecule has 1 aromatic rings. The highest BCUT2D eigenvalue weighted by Gasteiger charge is 2.58. The van der Waals surface area contributed by atoms with Crippen LogP contribution < -0.4 is 11.1 Å². The van der Waals surface area contributed by atoms with Gasteiger partial charge in [-0.3, -0.25) is 14.5 Å². The van der Waals surface area contributed by atoms with Crippen LogP contribution in [-0.4, -0.2) is 47.7 Å². The van der Waals surface area contributed by atoms with E-state index in [-0.39, 0.29) is 19.1 Å². The number of benzene rings is 1. The van der Waals surface area contributed by atoms with Gasteiger partial charge in [0.2, 0.25) is 5.91 Å². The third kappa shape index (κ3) is 2.98. The van der Waals surface area contributed by atoms with E-state index in [0.717, 1.165) is 5.56 Å². The Labute approximate surface area is 138 Å². The molecule has 1 aromatic carbocycles. The van der Waals surface area contributed by atoms with Gasteiger partial charge in [-0.25, -0.2) is 4.79 Å². The Hall–Kier alpha value is -2.45. The molecule has 0 aromatic heterocycles. The number of fused-ring (bicyclic) bond motifs is 1. The van der Waals surface area contributed by atoms with Gasteiger partial charge in [-0.2, -0.15) is 0 Å². The number of ketones is 1. The molecular formula is C16H19N3O5. The molecule has 2 aliphatic rings. The summed E-state index contributed by atoms with van der Waals surface area (Å²) in [5.74, 6) is -1.68. The number of amides is 2. The summed E-state index contributed by atoms with van der Waals surface area (Å²) >= 11 is 0. The normalized spacial score (nSPS) is 26.3. The lowest BCUT2D eigenvalue weighted by Gasteiger charge is -2.42. The van der Waals surface area contributed by atoms with E-state index in [1.54, 1.807) is 0 Å². The maximum atomic E-state index is 12.4. The van der Waals surface area contributed by atoms with Crippen LogP contribution in [0.4, 0.5) is 4.79 Å². The van der Waals surface area contributed by atoms with Crippen LogP contribution in [-0.2, 0) is 25.7 Å². The van der Waals surface area contributed by atoms with Crippen molar-refractivity contribution in [3.05, 3.63) is 35.9 Å². The zero-order valence-corrected chi connectivity index (χ0v) is 13.2. The van der Waals surface area contributed by atoms with Gasteiger partial charge < -0.3 is 20.5 Å². The van der Waals surface area contributed by atoms with Crippen LogP contribution in [0.15, 0.2) is 30.3 Å². The molecule has 0 bridgehead atoms. The maximum Gasteiger partial charge on any atom is 0.408 e. The lowest BCUT2D eigenvalue weighted by molar-refractivity contribution is -0.176. The van der Waals surface area contributed by atoms with Gasteiger partial charge in [-0.05, 0) is 12.5 Å². The molecule has 2 amide bonds. The predicted octanol–water partition coefficient (Wildman–Crippen LogP) is -0.0301. The van der Waals surface area contributed by atoms with Crippen molar-refractivity contribution in [2.75, 3.05) is 6.61 Å². The van der Waals surface area contributed by atoms with Crippen molar-refractivity contribution in [3.63, 3.8) is 0 Å². The first-order chi connectivity index (χ1) is 11.5. The minimum absolute atomic E-state index is 0.101. The van der Waals surface area contributed by atoms with Crippen molar-refractivity contribution in [1.82, 2.24) is 10.2 Å². The molecule has 2 heterocycles. The van der Waals surface area contributed by atoms with Crippen LogP contribution in [0.25, 0.3) is 0 Å². The van der Waals surface area contributed by atoms with Crippen LogP contribution in [0.3, 0.4) is 0 Å². The summed E-state index contributed by atoms with van der Waals surface area (Å²) in [7, 11) is 0. The lowest BCUT2D eigenvalue weighted by Crippen LogP contribution is -2.66. The van der Waals surface area contributed by atoms with Crippen molar-refractivity contribution < 1.29 is 23.9 Å². The standard InChI is InChI=1S/C16H19N3O5/c1-9(18-16(22)24-7-10-5-3-2-4-6-10)13(20)12-14(21)19-11(17)8-23-15(12)19/h2-6,9,11-12,15H,7-8,17H2,1H3,(H,18,22)/t9-,11?,12-,15+/m0/s1. The molecule has 3 N–H and O–H groups in total. The van der Waals surface area contributed by atoms with Gasteiger partial charge in [-0.15, -0.1) is 0 Å². The largest absolute Gasteiger partial charge is 0.445 e. The highest BCUT2D eigenvalue weighted by molar-refractivity contribution is 6.09. The van der Waals surface area contributed by atoms with Crippen LogP contribution in [0.5, 0.6) is 0 Å². The minimum Gasteiger partial charge on any atom is -0.445 e. The number of hydrogen-bond acceptors (Lipinski definition) is 6. The Balaban J connectivity index is 1.49. The van der Waals surface area contributed by atoms with E-state index in [4.69, 9.17) is 15.2 Å². The van der Waals surface area contributed by atoms with Crippen LogP contribution in [0, 0.1) is 5.92 Å². The molecule has 2 saturated heterocycles. The number of hydrogen-bond donors (Lipinski definition) is 2. The number of carbonyl (C=O) groups is 3. The summed E-state index contributed by atoms with van der Waals surface area (Å²) in [6.45, 7) is 1.82. The fraction of sp³-hybridized carbons (Fsp3) is 0.438. The molecular weight excluding hydrogens is 314 g/mol. The second-order valence-corrected chi connectivity index (χ2v) is 5.84. The summed E-state index contributed by atoms with van der Waals surface area (Å²) in [6, 6.07) is 8.32. The van der Waals surface area contributed by atoms with Crippen molar-refractivity contribution in [1.29, 1.82) is 0 Å². The van der Waals surface area contributed by atoms with E-state index in [1.165, 1.54) is 11.8 Å². The fourth-order valence-corrected chi connectivity index (χ4v) is 2.84. The monoisotopic (exact) mass is 333 g/mol. The Morgan fingerprint density at radius 1 is 1.42 bits per heavy atom. The van der Waals surface area contributed by atoms with Crippen molar-refractivity contribution >= 4 is 17.8 Å². The van der Waals surface area contributed by atoms with E-state index in [1.807, 2.05) is 30.3 Å². The molecule has 1 unspecified atom stereocenters. The molecule has 8 heteroatoms. The maximum absolute atomic E-state index is 12.4. The van der Waals surface area contributed by atoms with Crippen LogP contribution in [0.2, 0.25) is 0 Å². The topological polar surface area (TPSA) is 111 Å². The second kappa shape index (κ2) is 6.58. The Morgan fingerprint density at radius 3 is 2.83 bits per heavy atom. The number of nitrogens with one attached hydrogen (secondary N) is 1. The van der Waals surface area contributed by atoms with E-state index < -0.39 is 36.2 Å². The van der Waals surface area contributed by atoms with Gasteiger partial charge in [-0.1, -0.05) is 30.3 Å². The molecule has 3 rings (SSSR count). The number of nitrogens with zero attached hydrogens (tertiary/aromatic N) is 1. The SMILES string of the molecule is C[C@H](NC(=O)OCc1ccccc1)C(=O)[C@H]1C(=O)N2C(N)CO[C@H]12. The molecule has 128 valence electrons. The zero-order chi connectivity index (χ0) is 17.3. The second-order valence-electron chi connectivity index (χ2n) is 5.84. The number of rotatable bonds is 5. The number of ether oxygens (including phenoxy) is 2. The first-order valence-corrected chi connectivity index (χ1v) is 7.69. The van der Waals surface area contributed by atoms with Crippen molar-refractivity contribution in [3.8, 4) is 0 Å². The highest BCUT2D eigenvalue weighted by atomic mass is 16.5. The van der Waals surface area contributed by atoms with Gasteiger partial charge in [0.15, 0.2) is 12.0 Å². The smallest absolute Gasteiger partial charge is 0.408 e. The van der Waals surface area contributed by atoms with E-state index in [0.29, 0.717) is 0 Å². The highest BCUT2D eigenvalue weighted by Crippen LogP contribution is 2.34. The summed E-state index contributed by atoms with van der Waals surface area (Å²) in [5.41, 5.74) is 6.54. The quantitative estimate of drug-likeness (QED) is 0.578. The van der Waals surface area contributed by atoms with Gasteiger partial charge in [0, 0.05) is 0 Å². The fourth-order valence-electron chi connectivity index (χ4n) is 2.84. The van der Waals surface area contributed by atoms with Gasteiger partial charge >= 0.3 is 6.09 Å². The number of alkyl carbamates (subject to hydrolysis) is 1. The minimum atomic E-state index is -0.914. The molecule has 2 aliphatic heterocycles. The molecule has 8 nitrogen and oxygen atoms in total. The van der Waals surface area contributed by atoms with E-state index >= 15 is 0 Å². The molecule has 24 heavy (non-hydrogen) atoms.